The van der Waals surface area contributed by atoms with E-state index in [0.717, 1.165) is 18.5 Å². The van der Waals surface area contributed by atoms with Crippen LogP contribution in [0, 0.1) is 11.3 Å². The number of carbonyl (C=O) groups is 2. The summed E-state index contributed by atoms with van der Waals surface area (Å²) >= 11 is 0. The molecule has 2 fully saturated rings. The molecule has 6 heteroatoms. The van der Waals surface area contributed by atoms with Crippen LogP contribution in [0.5, 0.6) is 0 Å². The number of carbonyl (C=O) groups excluding carboxylic acids is 1. The van der Waals surface area contributed by atoms with Gasteiger partial charge in [-0.3, -0.25) is 14.3 Å². The van der Waals surface area contributed by atoms with Gasteiger partial charge in [-0.25, -0.2) is 0 Å². The van der Waals surface area contributed by atoms with Crippen LogP contribution in [-0.4, -0.2) is 44.8 Å². The normalized spacial score (nSPS) is 27.3. The van der Waals surface area contributed by atoms with Crippen molar-refractivity contribution in [2.24, 2.45) is 18.4 Å². The number of carboxylic acid groups (broad SMARTS) is 1. The van der Waals surface area contributed by atoms with E-state index in [-0.39, 0.29) is 17.2 Å². The molecule has 1 N–H and O–H groups in total. The molecular formula is C17H25N3O3. The van der Waals surface area contributed by atoms with Crippen molar-refractivity contribution in [1.82, 2.24) is 14.7 Å². The number of nitrogens with zero attached hydrogens (tertiary/aromatic N) is 3. The molecule has 6 nitrogen and oxygen atoms in total. The van der Waals surface area contributed by atoms with Gasteiger partial charge in [0.1, 0.15) is 5.69 Å². The zero-order valence-corrected chi connectivity index (χ0v) is 14.3. The van der Waals surface area contributed by atoms with Crippen LogP contribution < -0.4 is 0 Å². The molecule has 1 aliphatic heterocycles. The molecule has 2 heterocycles. The minimum atomic E-state index is -0.754. The molecule has 1 aliphatic carbocycles. The molecular weight excluding hydrogens is 294 g/mol. The largest absolute Gasteiger partial charge is 0.481 e. The van der Waals surface area contributed by atoms with Crippen LogP contribution in [-0.2, 0) is 17.3 Å². The van der Waals surface area contributed by atoms with Crippen molar-refractivity contribution in [3.63, 3.8) is 0 Å². The van der Waals surface area contributed by atoms with E-state index in [2.05, 4.69) is 25.9 Å². The number of likely N-dealkylation sites (tertiary alicyclic amines) is 1. The van der Waals surface area contributed by atoms with E-state index < -0.39 is 11.4 Å². The highest BCUT2D eigenvalue weighted by molar-refractivity contribution is 5.94. The predicted octanol–water partition coefficient (Wildman–Crippen LogP) is 2.04. The summed E-state index contributed by atoms with van der Waals surface area (Å²) in [6, 6.07) is 1.84. The molecule has 2 atom stereocenters. The van der Waals surface area contributed by atoms with E-state index in [9.17, 15) is 14.7 Å². The number of hydrogen-bond donors (Lipinski definition) is 1. The Morgan fingerprint density at radius 2 is 2.09 bits per heavy atom. The van der Waals surface area contributed by atoms with Crippen molar-refractivity contribution in [2.45, 2.75) is 45.4 Å². The molecule has 23 heavy (non-hydrogen) atoms. The van der Waals surface area contributed by atoms with Crippen LogP contribution >= 0.6 is 0 Å². The van der Waals surface area contributed by atoms with Gasteiger partial charge in [0.2, 0.25) is 0 Å². The van der Waals surface area contributed by atoms with Crippen LogP contribution in [0.4, 0.5) is 0 Å². The molecule has 1 aromatic rings. The Kier molecular flexibility index (Phi) is 3.54. The van der Waals surface area contributed by atoms with Gasteiger partial charge < -0.3 is 10.0 Å². The number of aromatic nitrogens is 2. The van der Waals surface area contributed by atoms with Crippen LogP contribution in [0.25, 0.3) is 0 Å². The summed E-state index contributed by atoms with van der Waals surface area (Å²) in [5.41, 5.74) is 0.549. The molecule has 0 aromatic carbocycles. The molecule has 3 rings (SSSR count). The van der Waals surface area contributed by atoms with E-state index in [1.165, 1.54) is 0 Å². The maximum Gasteiger partial charge on any atom is 0.311 e. The van der Waals surface area contributed by atoms with E-state index in [0.29, 0.717) is 25.2 Å². The van der Waals surface area contributed by atoms with Crippen molar-refractivity contribution in [1.29, 1.82) is 0 Å². The first-order chi connectivity index (χ1) is 10.6. The summed E-state index contributed by atoms with van der Waals surface area (Å²) in [4.78, 5) is 26.3. The lowest BCUT2D eigenvalue weighted by Crippen LogP contribution is -2.37. The fraction of sp³-hybridized carbons (Fsp3) is 0.706. The van der Waals surface area contributed by atoms with Crippen molar-refractivity contribution in [3.8, 4) is 0 Å². The average molecular weight is 319 g/mol. The van der Waals surface area contributed by atoms with Gasteiger partial charge in [-0.1, -0.05) is 27.2 Å². The van der Waals surface area contributed by atoms with Crippen molar-refractivity contribution < 1.29 is 14.7 Å². The van der Waals surface area contributed by atoms with Crippen LogP contribution in [0.1, 0.15) is 56.2 Å². The lowest BCUT2D eigenvalue weighted by molar-refractivity contribution is -0.149. The first kappa shape index (κ1) is 16.0. The summed E-state index contributed by atoms with van der Waals surface area (Å²) in [6.45, 7) is 7.04. The number of rotatable bonds is 2. The molecule has 0 bridgehead atoms. The van der Waals surface area contributed by atoms with Gasteiger partial charge in [0, 0.05) is 25.6 Å². The number of fused-ring (bicyclic) bond motifs is 1. The second-order valence-electron chi connectivity index (χ2n) is 8.02. The summed E-state index contributed by atoms with van der Waals surface area (Å²) in [5.74, 6) is -0.777. The third kappa shape index (κ3) is 2.44. The highest BCUT2D eigenvalue weighted by atomic mass is 16.4. The highest BCUT2D eigenvalue weighted by Crippen LogP contribution is 2.49. The first-order valence-corrected chi connectivity index (χ1v) is 8.22. The van der Waals surface area contributed by atoms with Gasteiger partial charge in [0.05, 0.1) is 11.1 Å². The molecule has 0 spiro atoms. The summed E-state index contributed by atoms with van der Waals surface area (Å²) < 4.78 is 1.62. The SMILES string of the molecule is Cn1nc(C(C)(C)C)cc1C(=O)N1C[C@@H]2CCC[C@@]2(C(=O)O)C1. The van der Waals surface area contributed by atoms with Crippen LogP contribution in [0.15, 0.2) is 6.07 Å². The van der Waals surface area contributed by atoms with E-state index in [4.69, 9.17) is 0 Å². The van der Waals surface area contributed by atoms with Gasteiger partial charge in [-0.2, -0.15) is 5.10 Å². The van der Waals surface area contributed by atoms with Crippen molar-refractivity contribution >= 4 is 11.9 Å². The second-order valence-corrected chi connectivity index (χ2v) is 8.02. The number of aliphatic carboxylic acids is 1. The van der Waals surface area contributed by atoms with Gasteiger partial charge in [0.15, 0.2) is 0 Å². The zero-order chi connectivity index (χ0) is 17.0. The van der Waals surface area contributed by atoms with Crippen molar-refractivity contribution in [3.05, 3.63) is 17.5 Å². The molecule has 2 aliphatic rings. The summed E-state index contributed by atoms with van der Waals surface area (Å²) in [6.07, 6.45) is 2.52. The lowest BCUT2D eigenvalue weighted by Gasteiger charge is -2.23. The Balaban J connectivity index is 1.86. The zero-order valence-electron chi connectivity index (χ0n) is 14.3. The molecule has 1 aromatic heterocycles. The number of hydrogen-bond acceptors (Lipinski definition) is 3. The highest BCUT2D eigenvalue weighted by Gasteiger charge is 2.56. The van der Waals surface area contributed by atoms with E-state index in [1.54, 1.807) is 16.6 Å². The third-order valence-electron chi connectivity index (χ3n) is 5.45. The van der Waals surface area contributed by atoms with Crippen LogP contribution in [0.3, 0.4) is 0 Å². The molecule has 1 amide bonds. The van der Waals surface area contributed by atoms with Gasteiger partial charge in [0.25, 0.3) is 5.91 Å². The molecule has 1 saturated carbocycles. The Morgan fingerprint density at radius 1 is 1.39 bits per heavy atom. The monoisotopic (exact) mass is 319 g/mol. The molecule has 1 saturated heterocycles. The minimum absolute atomic E-state index is 0.0827. The molecule has 126 valence electrons. The smallest absolute Gasteiger partial charge is 0.311 e. The topological polar surface area (TPSA) is 75.4 Å². The van der Waals surface area contributed by atoms with E-state index in [1.807, 2.05) is 6.07 Å². The van der Waals surface area contributed by atoms with Gasteiger partial charge in [-0.05, 0) is 24.8 Å². The Morgan fingerprint density at radius 3 is 2.61 bits per heavy atom. The lowest BCUT2D eigenvalue weighted by atomic mass is 9.81. The second kappa shape index (κ2) is 5.08. The minimum Gasteiger partial charge on any atom is -0.481 e. The Bertz CT molecular complexity index is 659. The van der Waals surface area contributed by atoms with E-state index >= 15 is 0 Å². The standard InChI is InChI=1S/C17H25N3O3/c1-16(2,3)13-8-12(19(4)18-13)14(21)20-9-11-6-5-7-17(11,10-20)15(22)23/h8,11H,5-7,9-10H2,1-4H3,(H,22,23)/t11-,17+/m0/s1. The quantitative estimate of drug-likeness (QED) is 0.905. The molecule has 0 radical (unpaired) electrons. The molecule has 0 unspecified atom stereocenters. The Hall–Kier alpha value is -1.85. The maximum absolute atomic E-state index is 12.9. The number of carboxylic acids is 1. The average Bonchev–Trinajstić information content (AvgIpc) is 3.07. The summed E-state index contributed by atoms with van der Waals surface area (Å²) in [7, 11) is 1.77. The fourth-order valence-electron chi connectivity index (χ4n) is 3.99. The van der Waals surface area contributed by atoms with Crippen LogP contribution in [0.2, 0.25) is 0 Å². The summed E-state index contributed by atoms with van der Waals surface area (Å²) in [5, 5.41) is 14.1. The first-order valence-electron chi connectivity index (χ1n) is 8.22. The number of amides is 1. The van der Waals surface area contributed by atoms with Gasteiger partial charge >= 0.3 is 5.97 Å². The fourth-order valence-corrected chi connectivity index (χ4v) is 3.99. The van der Waals surface area contributed by atoms with Crippen molar-refractivity contribution in [2.75, 3.05) is 13.1 Å². The number of aryl methyl sites for hydroxylation is 1. The van der Waals surface area contributed by atoms with Gasteiger partial charge in [-0.15, -0.1) is 0 Å². The Labute approximate surface area is 136 Å². The third-order valence-corrected chi connectivity index (χ3v) is 5.45. The predicted molar refractivity (Wildman–Crippen MR) is 85.2 cm³/mol. The maximum atomic E-state index is 12.9.